The molecule has 7 nitrogen and oxygen atoms in total. The van der Waals surface area contributed by atoms with Crippen molar-refractivity contribution in [3.63, 3.8) is 0 Å². The summed E-state index contributed by atoms with van der Waals surface area (Å²) in [5.41, 5.74) is 7.63. The van der Waals surface area contributed by atoms with Crippen molar-refractivity contribution in [1.82, 2.24) is 15.1 Å². The Morgan fingerprint density at radius 2 is 2.04 bits per heavy atom. The van der Waals surface area contributed by atoms with Crippen LogP contribution in [0.1, 0.15) is 16.6 Å². The molecular formula is C16H14FN5O2S. The zero-order valence-electron chi connectivity index (χ0n) is 13.1. The second-order valence-corrected chi connectivity index (χ2v) is 7.15. The van der Waals surface area contributed by atoms with Gasteiger partial charge in [0.1, 0.15) is 5.82 Å². The van der Waals surface area contributed by atoms with E-state index in [0.717, 1.165) is 17.0 Å². The van der Waals surface area contributed by atoms with Crippen LogP contribution in [0.4, 0.5) is 15.5 Å². The number of fused-ring (bicyclic) bond motifs is 4. The number of halogens is 1. The minimum Gasteiger partial charge on any atom is -0.377 e. The fraction of sp³-hybridized carbons (Fsp3) is 0.312. The summed E-state index contributed by atoms with van der Waals surface area (Å²) < 4.78 is 24.3. The van der Waals surface area contributed by atoms with Crippen molar-refractivity contribution in [2.24, 2.45) is 0 Å². The Balaban J connectivity index is 1.52. The third-order valence-electron chi connectivity index (χ3n) is 4.53. The minimum atomic E-state index is -0.300. The Kier molecular flexibility index (Phi) is 3.25. The van der Waals surface area contributed by atoms with Gasteiger partial charge >= 0.3 is 6.01 Å². The van der Waals surface area contributed by atoms with Crippen molar-refractivity contribution in [3.8, 4) is 11.4 Å². The average Bonchev–Trinajstić information content (AvgIpc) is 3.21. The first-order valence-electron chi connectivity index (χ1n) is 7.90. The SMILES string of the molecule is Nc1nc2c(s1)[C@@H]1COC[C@H](C2)N1c1nc(-c2ccc(F)cc2)no1. The summed E-state index contributed by atoms with van der Waals surface area (Å²) in [6.07, 6.45) is 0.730. The predicted molar refractivity (Wildman–Crippen MR) is 89.7 cm³/mol. The molecule has 2 aromatic heterocycles. The van der Waals surface area contributed by atoms with Gasteiger partial charge in [-0.3, -0.25) is 0 Å². The molecule has 2 N–H and O–H groups in total. The predicted octanol–water partition coefficient (Wildman–Crippen LogP) is 2.42. The highest BCUT2D eigenvalue weighted by Gasteiger charge is 2.42. The topological polar surface area (TPSA) is 90.3 Å². The maximum atomic E-state index is 13.1. The molecule has 0 unspecified atom stereocenters. The monoisotopic (exact) mass is 359 g/mol. The number of rotatable bonds is 2. The lowest BCUT2D eigenvalue weighted by Crippen LogP contribution is -2.51. The smallest absolute Gasteiger partial charge is 0.325 e. The number of thiazole rings is 1. The van der Waals surface area contributed by atoms with Crippen molar-refractivity contribution in [2.45, 2.75) is 18.5 Å². The van der Waals surface area contributed by atoms with Gasteiger partial charge in [0.2, 0.25) is 5.82 Å². The lowest BCUT2D eigenvalue weighted by Gasteiger charge is -2.43. The van der Waals surface area contributed by atoms with Gasteiger partial charge in [0.05, 0.1) is 35.9 Å². The van der Waals surface area contributed by atoms with Crippen molar-refractivity contribution in [3.05, 3.63) is 40.7 Å². The highest BCUT2D eigenvalue weighted by Crippen LogP contribution is 2.42. The van der Waals surface area contributed by atoms with Gasteiger partial charge in [0.25, 0.3) is 0 Å². The van der Waals surface area contributed by atoms with Gasteiger partial charge in [-0.1, -0.05) is 16.5 Å². The van der Waals surface area contributed by atoms with E-state index in [4.69, 9.17) is 15.0 Å². The summed E-state index contributed by atoms with van der Waals surface area (Å²) in [4.78, 5) is 12.1. The molecule has 1 aromatic carbocycles. The van der Waals surface area contributed by atoms with Crippen LogP contribution in [0, 0.1) is 5.82 Å². The van der Waals surface area contributed by atoms with E-state index in [1.807, 2.05) is 0 Å². The molecule has 1 fully saturated rings. The summed E-state index contributed by atoms with van der Waals surface area (Å²) >= 11 is 1.48. The van der Waals surface area contributed by atoms with Crippen molar-refractivity contribution < 1.29 is 13.7 Å². The molecule has 1 saturated heterocycles. The molecular weight excluding hydrogens is 345 g/mol. The number of nitrogens with two attached hydrogens (primary N) is 1. The van der Waals surface area contributed by atoms with Crippen molar-refractivity contribution in [1.29, 1.82) is 0 Å². The number of nitrogens with zero attached hydrogens (tertiary/aromatic N) is 4. The molecule has 0 amide bonds. The van der Waals surface area contributed by atoms with Crippen molar-refractivity contribution in [2.75, 3.05) is 23.8 Å². The number of nitrogen functional groups attached to an aromatic ring is 1. The Hall–Kier alpha value is -2.52. The summed E-state index contributed by atoms with van der Waals surface area (Å²) in [7, 11) is 0. The molecule has 2 bridgehead atoms. The van der Waals surface area contributed by atoms with Gasteiger partial charge in [-0.2, -0.15) is 4.98 Å². The molecule has 3 aromatic rings. The van der Waals surface area contributed by atoms with Crippen LogP contribution in [0.25, 0.3) is 11.4 Å². The molecule has 0 aliphatic carbocycles. The Morgan fingerprint density at radius 3 is 2.88 bits per heavy atom. The first-order valence-corrected chi connectivity index (χ1v) is 8.71. The van der Waals surface area contributed by atoms with Crippen LogP contribution in [-0.4, -0.2) is 34.4 Å². The largest absolute Gasteiger partial charge is 0.377 e. The standard InChI is InChI=1S/C16H14FN5O2S/c17-9-3-1-8(2-4-9)14-20-16(24-21-14)22-10-5-11-13(25-15(18)19-11)12(22)7-23-6-10/h1-4,10,12H,5-7H2,(H2,18,19)/t10-,12-/m0/s1. The molecule has 0 spiro atoms. The Labute approximate surface area is 146 Å². The van der Waals surface area contributed by atoms with Gasteiger partial charge in [-0.25, -0.2) is 9.37 Å². The molecule has 5 rings (SSSR count). The molecule has 0 saturated carbocycles. The molecule has 2 aliphatic heterocycles. The highest BCUT2D eigenvalue weighted by atomic mass is 32.1. The van der Waals surface area contributed by atoms with E-state index in [9.17, 15) is 4.39 Å². The number of hydrogen-bond donors (Lipinski definition) is 1. The van der Waals surface area contributed by atoms with E-state index in [1.165, 1.54) is 23.5 Å². The normalized spacial score (nSPS) is 22.0. The average molecular weight is 359 g/mol. The van der Waals surface area contributed by atoms with Gasteiger partial charge in [0.15, 0.2) is 5.13 Å². The number of morpholine rings is 1. The van der Waals surface area contributed by atoms with Crippen LogP contribution in [-0.2, 0) is 11.2 Å². The van der Waals surface area contributed by atoms with Gasteiger partial charge in [-0.15, -0.1) is 0 Å². The summed E-state index contributed by atoms with van der Waals surface area (Å²) in [6, 6.07) is 6.50. The maximum absolute atomic E-state index is 13.1. The van der Waals surface area contributed by atoms with Crippen LogP contribution in [0.3, 0.4) is 0 Å². The number of hydrogen-bond acceptors (Lipinski definition) is 8. The van der Waals surface area contributed by atoms with Crippen LogP contribution in [0.15, 0.2) is 28.8 Å². The van der Waals surface area contributed by atoms with Crippen LogP contribution >= 0.6 is 11.3 Å². The minimum absolute atomic E-state index is 0.0289. The van der Waals surface area contributed by atoms with Crippen LogP contribution in [0.5, 0.6) is 0 Å². The Morgan fingerprint density at radius 1 is 1.20 bits per heavy atom. The molecule has 2 aliphatic rings. The fourth-order valence-corrected chi connectivity index (χ4v) is 4.37. The highest BCUT2D eigenvalue weighted by molar-refractivity contribution is 7.15. The summed E-state index contributed by atoms with van der Waals surface area (Å²) in [6.45, 7) is 1.10. The molecule has 128 valence electrons. The van der Waals surface area contributed by atoms with E-state index >= 15 is 0 Å². The molecule has 2 atom stereocenters. The number of ether oxygens (including phenoxy) is 1. The summed E-state index contributed by atoms with van der Waals surface area (Å²) in [5, 5.41) is 4.62. The Bertz CT molecular complexity index is 925. The maximum Gasteiger partial charge on any atom is 0.325 e. The number of aromatic nitrogens is 3. The zero-order chi connectivity index (χ0) is 17.0. The van der Waals surface area contributed by atoms with E-state index < -0.39 is 0 Å². The number of benzene rings is 1. The van der Waals surface area contributed by atoms with Gasteiger partial charge in [0, 0.05) is 12.0 Å². The second-order valence-electron chi connectivity index (χ2n) is 6.09. The first-order chi connectivity index (χ1) is 12.2. The lowest BCUT2D eigenvalue weighted by molar-refractivity contribution is 0.0570. The quantitative estimate of drug-likeness (QED) is 0.751. The van der Waals surface area contributed by atoms with Crippen LogP contribution < -0.4 is 10.6 Å². The summed E-state index contributed by atoms with van der Waals surface area (Å²) in [5.74, 6) is 0.133. The zero-order valence-corrected chi connectivity index (χ0v) is 13.9. The molecule has 4 heterocycles. The number of anilines is 2. The third kappa shape index (κ3) is 2.38. The van der Waals surface area contributed by atoms with E-state index in [1.54, 1.807) is 12.1 Å². The second kappa shape index (κ2) is 5.50. The third-order valence-corrected chi connectivity index (χ3v) is 5.56. The molecule has 25 heavy (non-hydrogen) atoms. The lowest BCUT2D eigenvalue weighted by atomic mass is 9.97. The molecule has 0 radical (unpaired) electrons. The first kappa shape index (κ1) is 14.8. The van der Waals surface area contributed by atoms with Gasteiger partial charge < -0.3 is 19.9 Å². The van der Waals surface area contributed by atoms with Gasteiger partial charge in [-0.05, 0) is 24.3 Å². The van der Waals surface area contributed by atoms with E-state index in [0.29, 0.717) is 35.7 Å². The van der Waals surface area contributed by atoms with E-state index in [2.05, 4.69) is 20.0 Å². The molecule has 9 heteroatoms. The van der Waals surface area contributed by atoms with Crippen LogP contribution in [0.2, 0.25) is 0 Å². The fourth-order valence-electron chi connectivity index (χ4n) is 3.43. The van der Waals surface area contributed by atoms with E-state index in [-0.39, 0.29) is 17.9 Å². The van der Waals surface area contributed by atoms with Crippen molar-refractivity contribution >= 4 is 22.5 Å².